The molecule has 0 fully saturated rings. The molecule has 5 heteroatoms. The summed E-state index contributed by atoms with van der Waals surface area (Å²) in [6, 6.07) is 21.7. The van der Waals surface area contributed by atoms with Crippen LogP contribution >= 0.6 is 0 Å². The van der Waals surface area contributed by atoms with Gasteiger partial charge in [-0.2, -0.15) is 0 Å². The number of hydrogen-bond acceptors (Lipinski definition) is 5. The van der Waals surface area contributed by atoms with E-state index in [-0.39, 0.29) is 5.63 Å². The number of fused-ring (bicyclic) bond motifs is 3. The summed E-state index contributed by atoms with van der Waals surface area (Å²) in [4.78, 5) is 14.7. The van der Waals surface area contributed by atoms with E-state index < -0.39 is 0 Å². The SMILES string of the molecule is CCc1cc2c(-c3ccccc3)cc(=O)oc2c2c1OCN(Cc1ccc(OC)cc1)C2. The molecule has 1 aromatic heterocycles. The Balaban J connectivity index is 1.59. The van der Waals surface area contributed by atoms with Crippen LogP contribution in [-0.2, 0) is 19.5 Å². The highest BCUT2D eigenvalue weighted by atomic mass is 16.5. The molecule has 4 aromatic rings. The first-order valence-corrected chi connectivity index (χ1v) is 10.8. The summed E-state index contributed by atoms with van der Waals surface area (Å²) in [6.45, 7) is 3.98. The van der Waals surface area contributed by atoms with Crippen molar-refractivity contribution in [1.82, 2.24) is 4.90 Å². The molecule has 5 rings (SSSR count). The van der Waals surface area contributed by atoms with Crippen LogP contribution in [0.3, 0.4) is 0 Å². The molecule has 162 valence electrons. The Morgan fingerprint density at radius 2 is 1.81 bits per heavy atom. The van der Waals surface area contributed by atoms with Crippen molar-refractivity contribution in [1.29, 1.82) is 0 Å². The second kappa shape index (κ2) is 8.52. The fourth-order valence-electron chi connectivity index (χ4n) is 4.37. The van der Waals surface area contributed by atoms with Gasteiger partial charge in [0.05, 0.1) is 12.7 Å². The van der Waals surface area contributed by atoms with Gasteiger partial charge in [0.2, 0.25) is 0 Å². The minimum absolute atomic E-state index is 0.352. The molecule has 3 aromatic carbocycles. The summed E-state index contributed by atoms with van der Waals surface area (Å²) >= 11 is 0. The molecule has 0 saturated carbocycles. The Hall–Kier alpha value is -3.57. The first kappa shape index (κ1) is 20.3. The Morgan fingerprint density at radius 1 is 1.03 bits per heavy atom. The largest absolute Gasteiger partial charge is 0.497 e. The van der Waals surface area contributed by atoms with Gasteiger partial charge in [-0.15, -0.1) is 0 Å². The van der Waals surface area contributed by atoms with Crippen LogP contribution in [0, 0.1) is 0 Å². The zero-order valence-corrected chi connectivity index (χ0v) is 18.3. The molecule has 0 aliphatic carbocycles. The van der Waals surface area contributed by atoms with Gasteiger partial charge in [-0.3, -0.25) is 4.90 Å². The fraction of sp³-hybridized carbons (Fsp3) is 0.222. The van der Waals surface area contributed by atoms with Crippen LogP contribution in [0.1, 0.15) is 23.6 Å². The number of rotatable bonds is 5. The van der Waals surface area contributed by atoms with Gasteiger partial charge in [0.25, 0.3) is 0 Å². The molecular weight excluding hydrogens is 402 g/mol. The molecule has 32 heavy (non-hydrogen) atoms. The molecule has 0 amide bonds. The summed E-state index contributed by atoms with van der Waals surface area (Å²) in [6.07, 6.45) is 0.837. The number of ether oxygens (including phenoxy) is 2. The normalized spacial score (nSPS) is 13.6. The third-order valence-corrected chi connectivity index (χ3v) is 5.96. The Bertz CT molecular complexity index is 1310. The van der Waals surface area contributed by atoms with E-state index in [0.29, 0.717) is 18.9 Å². The van der Waals surface area contributed by atoms with Gasteiger partial charge >= 0.3 is 5.63 Å². The van der Waals surface area contributed by atoms with E-state index in [0.717, 1.165) is 52.1 Å². The lowest BCUT2D eigenvalue weighted by Gasteiger charge is -2.31. The molecule has 0 N–H and O–H groups in total. The van der Waals surface area contributed by atoms with Crippen molar-refractivity contribution >= 4 is 11.0 Å². The van der Waals surface area contributed by atoms with Gasteiger partial charge < -0.3 is 13.9 Å². The summed E-state index contributed by atoms with van der Waals surface area (Å²) in [5.74, 6) is 1.68. The van der Waals surface area contributed by atoms with Gasteiger partial charge in [0.1, 0.15) is 23.8 Å². The molecule has 0 bridgehead atoms. The summed E-state index contributed by atoms with van der Waals surface area (Å²) < 4.78 is 17.2. The molecule has 1 aliphatic rings. The molecule has 0 radical (unpaired) electrons. The molecule has 0 spiro atoms. The van der Waals surface area contributed by atoms with Crippen LogP contribution in [0.5, 0.6) is 11.5 Å². The fourth-order valence-corrected chi connectivity index (χ4v) is 4.37. The highest BCUT2D eigenvalue weighted by Crippen LogP contribution is 2.39. The first-order chi connectivity index (χ1) is 15.7. The van der Waals surface area contributed by atoms with Crippen LogP contribution in [-0.4, -0.2) is 18.7 Å². The van der Waals surface area contributed by atoms with Crippen LogP contribution in [0.2, 0.25) is 0 Å². The van der Waals surface area contributed by atoms with E-state index in [4.69, 9.17) is 13.9 Å². The predicted octanol–water partition coefficient (Wildman–Crippen LogP) is 5.38. The maximum Gasteiger partial charge on any atom is 0.336 e. The lowest BCUT2D eigenvalue weighted by molar-refractivity contribution is 0.0879. The second-order valence-electron chi connectivity index (χ2n) is 8.03. The van der Waals surface area contributed by atoms with Crippen LogP contribution in [0.4, 0.5) is 0 Å². The van der Waals surface area contributed by atoms with Gasteiger partial charge in [-0.1, -0.05) is 49.4 Å². The number of nitrogens with zero attached hydrogens (tertiary/aromatic N) is 1. The molecule has 0 atom stereocenters. The third kappa shape index (κ3) is 3.76. The molecule has 0 unspecified atom stereocenters. The van der Waals surface area contributed by atoms with E-state index in [2.05, 4.69) is 30.0 Å². The number of hydrogen-bond donors (Lipinski definition) is 0. The molecule has 5 nitrogen and oxygen atoms in total. The molecule has 1 aliphatic heterocycles. The lowest BCUT2D eigenvalue weighted by atomic mass is 9.95. The Morgan fingerprint density at radius 3 is 2.53 bits per heavy atom. The number of benzene rings is 3. The van der Waals surface area contributed by atoms with E-state index in [1.807, 2.05) is 42.5 Å². The van der Waals surface area contributed by atoms with E-state index in [1.165, 1.54) is 5.56 Å². The molecule has 0 saturated heterocycles. The van der Waals surface area contributed by atoms with Gasteiger partial charge in [0.15, 0.2) is 0 Å². The zero-order chi connectivity index (χ0) is 22.1. The van der Waals surface area contributed by atoms with Gasteiger partial charge in [0, 0.05) is 24.5 Å². The average molecular weight is 428 g/mol. The zero-order valence-electron chi connectivity index (χ0n) is 18.3. The Labute approximate surface area is 186 Å². The van der Waals surface area contributed by atoms with E-state index in [1.54, 1.807) is 13.2 Å². The minimum atomic E-state index is -0.352. The number of aryl methyl sites for hydroxylation is 1. The number of methoxy groups -OCH3 is 1. The van der Waals surface area contributed by atoms with Crippen molar-refractivity contribution < 1.29 is 13.9 Å². The maximum absolute atomic E-state index is 12.5. The second-order valence-corrected chi connectivity index (χ2v) is 8.03. The highest BCUT2D eigenvalue weighted by molar-refractivity contribution is 5.96. The summed E-state index contributed by atoms with van der Waals surface area (Å²) in [7, 11) is 1.66. The molecular formula is C27H25NO4. The maximum atomic E-state index is 12.5. The third-order valence-electron chi connectivity index (χ3n) is 5.96. The van der Waals surface area contributed by atoms with Crippen LogP contribution in [0.25, 0.3) is 22.1 Å². The van der Waals surface area contributed by atoms with Crippen molar-refractivity contribution in [3.8, 4) is 22.6 Å². The minimum Gasteiger partial charge on any atom is -0.497 e. The summed E-state index contributed by atoms with van der Waals surface area (Å²) in [5, 5.41) is 0.946. The predicted molar refractivity (Wildman–Crippen MR) is 125 cm³/mol. The van der Waals surface area contributed by atoms with E-state index >= 15 is 0 Å². The smallest absolute Gasteiger partial charge is 0.336 e. The lowest BCUT2D eigenvalue weighted by Crippen LogP contribution is -2.32. The monoisotopic (exact) mass is 427 g/mol. The average Bonchev–Trinajstić information content (AvgIpc) is 2.84. The summed E-state index contributed by atoms with van der Waals surface area (Å²) in [5.41, 5.74) is 5.38. The van der Waals surface area contributed by atoms with E-state index in [9.17, 15) is 4.79 Å². The van der Waals surface area contributed by atoms with Crippen molar-refractivity contribution in [2.24, 2.45) is 0 Å². The van der Waals surface area contributed by atoms with Gasteiger partial charge in [-0.05, 0) is 46.9 Å². The standard InChI is InChI=1S/C27H25NO4/c1-3-19-13-23-22(20-7-5-4-6-8-20)14-25(29)32-27(23)24-16-28(17-31-26(19)24)15-18-9-11-21(30-2)12-10-18/h4-14H,3,15-17H2,1-2H3. The first-order valence-electron chi connectivity index (χ1n) is 10.8. The van der Waals surface area contributed by atoms with Crippen molar-refractivity contribution in [3.63, 3.8) is 0 Å². The van der Waals surface area contributed by atoms with Crippen molar-refractivity contribution in [3.05, 3.63) is 93.8 Å². The van der Waals surface area contributed by atoms with Crippen LogP contribution in [0.15, 0.2) is 75.9 Å². The topological polar surface area (TPSA) is 51.9 Å². The quantitative estimate of drug-likeness (QED) is 0.400. The Kier molecular flexibility index (Phi) is 5.41. The van der Waals surface area contributed by atoms with Crippen LogP contribution < -0.4 is 15.1 Å². The molecule has 2 heterocycles. The van der Waals surface area contributed by atoms with Gasteiger partial charge in [-0.25, -0.2) is 4.79 Å². The van der Waals surface area contributed by atoms with Crippen molar-refractivity contribution in [2.75, 3.05) is 13.8 Å². The highest BCUT2D eigenvalue weighted by Gasteiger charge is 2.25. The van der Waals surface area contributed by atoms with Crippen molar-refractivity contribution in [2.45, 2.75) is 26.4 Å².